The highest BCUT2D eigenvalue weighted by Gasteiger charge is 2.45. The average molecular weight is 413 g/mol. The minimum Gasteiger partial charge on any atom is -0.507 e. The molecule has 152 valence electrons. The molecule has 1 atom stereocenters. The third kappa shape index (κ3) is 4.52. The van der Waals surface area contributed by atoms with Gasteiger partial charge in [-0.3, -0.25) is 9.59 Å². The number of carbonyl (C=O) groups excluding carboxylic acids is 2. The molecule has 0 spiro atoms. The van der Waals surface area contributed by atoms with Crippen molar-refractivity contribution in [3.63, 3.8) is 0 Å². The van der Waals surface area contributed by atoms with Crippen LogP contribution in [0.25, 0.3) is 5.76 Å². The largest absolute Gasteiger partial charge is 0.507 e. The first kappa shape index (κ1) is 21.1. The van der Waals surface area contributed by atoms with Crippen molar-refractivity contribution < 1.29 is 14.7 Å². The van der Waals surface area contributed by atoms with Crippen LogP contribution in [0.15, 0.2) is 54.1 Å². The molecule has 0 unspecified atom stereocenters. The van der Waals surface area contributed by atoms with Gasteiger partial charge in [0.05, 0.1) is 11.6 Å². The molecular formula is C23H25ClN2O3. The normalized spacial score (nSPS) is 18.7. The Morgan fingerprint density at radius 1 is 1.07 bits per heavy atom. The highest BCUT2D eigenvalue weighted by Crippen LogP contribution is 2.39. The van der Waals surface area contributed by atoms with Gasteiger partial charge in [-0.25, -0.2) is 0 Å². The van der Waals surface area contributed by atoms with E-state index < -0.39 is 17.7 Å². The van der Waals surface area contributed by atoms with Crippen LogP contribution in [-0.2, 0) is 9.59 Å². The summed E-state index contributed by atoms with van der Waals surface area (Å²) in [6, 6.07) is 13.6. The first-order chi connectivity index (χ1) is 13.8. The number of Topliss-reactive ketones (excluding diaryl/α,β-unsaturated/α-hetero) is 1. The van der Waals surface area contributed by atoms with Gasteiger partial charge in [0.1, 0.15) is 5.76 Å². The number of ketones is 1. The average Bonchev–Trinajstić information content (AvgIpc) is 2.93. The molecule has 2 aromatic carbocycles. The molecule has 1 aliphatic rings. The summed E-state index contributed by atoms with van der Waals surface area (Å²) in [6.07, 6.45) is 0.717. The van der Waals surface area contributed by atoms with Crippen molar-refractivity contribution in [1.82, 2.24) is 9.80 Å². The molecule has 1 aliphatic heterocycles. The van der Waals surface area contributed by atoms with Gasteiger partial charge in [0.15, 0.2) is 0 Å². The van der Waals surface area contributed by atoms with E-state index in [1.54, 1.807) is 41.3 Å². The molecule has 1 N–H and O–H groups in total. The fraction of sp³-hybridized carbons (Fsp3) is 0.304. The molecule has 1 amide bonds. The van der Waals surface area contributed by atoms with Crippen LogP contribution in [-0.4, -0.2) is 53.8 Å². The van der Waals surface area contributed by atoms with Gasteiger partial charge >= 0.3 is 0 Å². The predicted octanol–water partition coefficient (Wildman–Crippen LogP) is 4.02. The summed E-state index contributed by atoms with van der Waals surface area (Å²) in [4.78, 5) is 29.3. The summed E-state index contributed by atoms with van der Waals surface area (Å²) in [5, 5.41) is 11.5. The van der Waals surface area contributed by atoms with Gasteiger partial charge in [0.25, 0.3) is 11.7 Å². The Kier molecular flexibility index (Phi) is 6.40. The highest BCUT2D eigenvalue weighted by molar-refractivity contribution is 6.46. The molecular weight excluding hydrogens is 388 g/mol. The van der Waals surface area contributed by atoms with Crippen molar-refractivity contribution in [3.8, 4) is 0 Å². The van der Waals surface area contributed by atoms with Crippen LogP contribution in [0.3, 0.4) is 0 Å². The van der Waals surface area contributed by atoms with E-state index in [9.17, 15) is 14.7 Å². The fourth-order valence-electron chi connectivity index (χ4n) is 3.53. The van der Waals surface area contributed by atoms with Gasteiger partial charge in [-0.2, -0.15) is 0 Å². The Bertz CT molecular complexity index is 934. The zero-order valence-electron chi connectivity index (χ0n) is 16.9. The molecule has 0 bridgehead atoms. The lowest BCUT2D eigenvalue weighted by Gasteiger charge is -2.26. The Morgan fingerprint density at radius 2 is 1.69 bits per heavy atom. The van der Waals surface area contributed by atoms with E-state index in [0.29, 0.717) is 23.6 Å². The standard InChI is InChI=1S/C23H25ClN2O3/c1-15-5-7-17(8-6-15)21(27)19-20(16-9-11-18(24)12-10-16)26(23(29)22(19)28)14-4-13-25(2)3/h5-12,20,27H,4,13-14H2,1-3H3/t20-/m1/s1. The van der Waals surface area contributed by atoms with E-state index in [1.165, 1.54) is 0 Å². The van der Waals surface area contributed by atoms with Crippen LogP contribution in [0.1, 0.15) is 29.2 Å². The summed E-state index contributed by atoms with van der Waals surface area (Å²) in [5.41, 5.74) is 2.42. The Balaban J connectivity index is 2.07. The number of hydrogen-bond donors (Lipinski definition) is 1. The fourth-order valence-corrected chi connectivity index (χ4v) is 3.65. The van der Waals surface area contributed by atoms with Crippen molar-refractivity contribution in [2.75, 3.05) is 27.2 Å². The molecule has 6 heteroatoms. The number of rotatable bonds is 6. The number of halogens is 1. The van der Waals surface area contributed by atoms with Crippen molar-refractivity contribution in [3.05, 3.63) is 75.8 Å². The van der Waals surface area contributed by atoms with Crippen LogP contribution in [0.2, 0.25) is 5.02 Å². The van der Waals surface area contributed by atoms with Crippen LogP contribution in [0.5, 0.6) is 0 Å². The molecule has 5 nitrogen and oxygen atoms in total. The minimum atomic E-state index is -0.659. The molecule has 0 radical (unpaired) electrons. The Labute approximate surface area is 176 Å². The van der Waals surface area contributed by atoms with Gasteiger partial charge in [-0.15, -0.1) is 0 Å². The number of nitrogens with zero attached hydrogens (tertiary/aromatic N) is 2. The molecule has 29 heavy (non-hydrogen) atoms. The van der Waals surface area contributed by atoms with Crippen LogP contribution >= 0.6 is 11.6 Å². The van der Waals surface area contributed by atoms with Crippen molar-refractivity contribution in [2.45, 2.75) is 19.4 Å². The smallest absolute Gasteiger partial charge is 0.295 e. The molecule has 0 saturated carbocycles. The van der Waals surface area contributed by atoms with E-state index in [4.69, 9.17) is 11.6 Å². The summed E-state index contributed by atoms with van der Waals surface area (Å²) >= 11 is 6.03. The molecule has 1 saturated heterocycles. The second-order valence-corrected chi connectivity index (χ2v) is 8.00. The number of carbonyl (C=O) groups is 2. The third-order valence-corrected chi connectivity index (χ3v) is 5.31. The number of aliphatic hydroxyl groups excluding tert-OH is 1. The number of aliphatic hydroxyl groups is 1. The van der Waals surface area contributed by atoms with Gasteiger partial charge in [-0.05, 0) is 51.7 Å². The monoisotopic (exact) mass is 412 g/mol. The van der Waals surface area contributed by atoms with Gasteiger partial charge < -0.3 is 14.9 Å². The quantitative estimate of drug-likeness (QED) is 0.442. The van der Waals surface area contributed by atoms with Gasteiger partial charge in [0.2, 0.25) is 0 Å². The topological polar surface area (TPSA) is 60.9 Å². The van der Waals surface area contributed by atoms with Crippen molar-refractivity contribution in [1.29, 1.82) is 0 Å². The molecule has 0 aromatic heterocycles. The maximum Gasteiger partial charge on any atom is 0.295 e. The minimum absolute atomic E-state index is 0.117. The lowest BCUT2D eigenvalue weighted by Crippen LogP contribution is -2.32. The molecule has 3 rings (SSSR count). The number of amides is 1. The zero-order valence-corrected chi connectivity index (χ0v) is 17.6. The van der Waals surface area contributed by atoms with E-state index in [-0.39, 0.29) is 11.3 Å². The lowest BCUT2D eigenvalue weighted by atomic mass is 9.95. The second kappa shape index (κ2) is 8.80. The van der Waals surface area contributed by atoms with E-state index in [1.807, 2.05) is 38.1 Å². The van der Waals surface area contributed by atoms with Crippen LogP contribution in [0, 0.1) is 6.92 Å². The predicted molar refractivity (Wildman–Crippen MR) is 115 cm³/mol. The van der Waals surface area contributed by atoms with Crippen molar-refractivity contribution >= 4 is 29.1 Å². The maximum absolute atomic E-state index is 12.9. The van der Waals surface area contributed by atoms with E-state index in [2.05, 4.69) is 0 Å². The summed E-state index contributed by atoms with van der Waals surface area (Å²) in [7, 11) is 3.92. The Morgan fingerprint density at radius 3 is 2.28 bits per heavy atom. The zero-order chi connectivity index (χ0) is 21.1. The number of hydrogen-bond acceptors (Lipinski definition) is 4. The second-order valence-electron chi connectivity index (χ2n) is 7.57. The highest BCUT2D eigenvalue weighted by atomic mass is 35.5. The number of benzene rings is 2. The first-order valence-electron chi connectivity index (χ1n) is 9.55. The maximum atomic E-state index is 12.9. The number of aryl methyl sites for hydroxylation is 1. The molecule has 1 fully saturated rings. The molecule has 2 aromatic rings. The third-order valence-electron chi connectivity index (χ3n) is 5.06. The van der Waals surface area contributed by atoms with E-state index >= 15 is 0 Å². The first-order valence-corrected chi connectivity index (χ1v) is 9.93. The van der Waals surface area contributed by atoms with Gasteiger partial charge in [0, 0.05) is 17.1 Å². The van der Waals surface area contributed by atoms with Gasteiger partial charge in [-0.1, -0.05) is 53.6 Å². The summed E-state index contributed by atoms with van der Waals surface area (Å²) < 4.78 is 0. The SMILES string of the molecule is Cc1ccc(C(O)=C2C(=O)C(=O)N(CCCN(C)C)[C@@H]2c2ccc(Cl)cc2)cc1. The lowest BCUT2D eigenvalue weighted by molar-refractivity contribution is -0.139. The van der Waals surface area contributed by atoms with Crippen molar-refractivity contribution in [2.24, 2.45) is 0 Å². The van der Waals surface area contributed by atoms with Crippen LogP contribution in [0.4, 0.5) is 0 Å². The molecule has 1 heterocycles. The Hall–Kier alpha value is -2.63. The molecule has 0 aliphatic carbocycles. The van der Waals surface area contributed by atoms with E-state index in [0.717, 1.165) is 17.7 Å². The summed E-state index contributed by atoms with van der Waals surface area (Å²) in [5.74, 6) is -1.40. The van der Waals surface area contributed by atoms with Crippen LogP contribution < -0.4 is 0 Å². The summed E-state index contributed by atoms with van der Waals surface area (Å²) in [6.45, 7) is 3.15. The number of likely N-dealkylation sites (tertiary alicyclic amines) is 1.